The van der Waals surface area contributed by atoms with Crippen molar-refractivity contribution < 1.29 is 28.7 Å². The van der Waals surface area contributed by atoms with Crippen LogP contribution in [0.1, 0.15) is 68.9 Å². The van der Waals surface area contributed by atoms with E-state index in [4.69, 9.17) is 11.6 Å². The van der Waals surface area contributed by atoms with Gasteiger partial charge in [0.15, 0.2) is 0 Å². The third kappa shape index (κ3) is 4.28. The van der Waals surface area contributed by atoms with Crippen molar-refractivity contribution in [2.24, 2.45) is 29.1 Å². The van der Waals surface area contributed by atoms with Gasteiger partial charge in [-0.2, -0.15) is 0 Å². The number of benzene rings is 2. The van der Waals surface area contributed by atoms with E-state index in [2.05, 4.69) is 6.58 Å². The van der Waals surface area contributed by atoms with E-state index in [0.29, 0.717) is 24.0 Å². The predicted molar refractivity (Wildman–Crippen MR) is 167 cm³/mol. The van der Waals surface area contributed by atoms with E-state index in [9.17, 15) is 28.7 Å². The van der Waals surface area contributed by atoms with E-state index in [1.54, 1.807) is 25.1 Å². The molecule has 2 aromatic carbocycles. The van der Waals surface area contributed by atoms with Crippen LogP contribution in [0.15, 0.2) is 60.7 Å². The van der Waals surface area contributed by atoms with Crippen LogP contribution in [0.4, 0.5) is 10.1 Å². The summed E-state index contributed by atoms with van der Waals surface area (Å²) in [4.78, 5) is 59.5. The summed E-state index contributed by atoms with van der Waals surface area (Å²) < 4.78 is 14.1. The van der Waals surface area contributed by atoms with Crippen LogP contribution in [0.3, 0.4) is 0 Å². The second-order valence-electron chi connectivity index (χ2n) is 13.4. The highest BCUT2D eigenvalue weighted by Gasteiger charge is 2.68. The first-order chi connectivity index (χ1) is 21.6. The normalized spacial score (nSPS) is 31.5. The van der Waals surface area contributed by atoms with Crippen LogP contribution in [0.5, 0.6) is 5.75 Å². The maximum absolute atomic E-state index is 14.6. The van der Waals surface area contributed by atoms with Gasteiger partial charge in [0.2, 0.25) is 23.6 Å². The fourth-order valence-electron chi connectivity index (χ4n) is 9.12. The molecule has 3 aliphatic carbocycles. The number of hydrogen-bond donors (Lipinski definition) is 1. The van der Waals surface area contributed by atoms with Crippen LogP contribution in [-0.2, 0) is 25.6 Å². The quantitative estimate of drug-likeness (QED) is 0.302. The number of likely N-dealkylation sites (tertiary alicyclic amines) is 1. The zero-order valence-corrected chi connectivity index (χ0v) is 25.9. The molecule has 7 nitrogen and oxygen atoms in total. The van der Waals surface area contributed by atoms with Crippen molar-refractivity contribution in [2.75, 3.05) is 4.90 Å². The number of hydrogen-bond acceptors (Lipinski definition) is 5. The zero-order chi connectivity index (χ0) is 31.8. The van der Waals surface area contributed by atoms with Gasteiger partial charge in [-0.3, -0.25) is 24.1 Å². The summed E-state index contributed by atoms with van der Waals surface area (Å²) in [5.41, 5.74) is 0.783. The Morgan fingerprint density at radius 3 is 2.51 bits per heavy atom. The minimum absolute atomic E-state index is 0.0206. The number of amides is 4. The van der Waals surface area contributed by atoms with Gasteiger partial charge in [0, 0.05) is 17.5 Å². The molecule has 4 fully saturated rings. The van der Waals surface area contributed by atoms with Gasteiger partial charge in [0.1, 0.15) is 11.6 Å². The summed E-state index contributed by atoms with van der Waals surface area (Å²) in [6, 6.07) is 9.03. The molecule has 9 heteroatoms. The first-order valence-corrected chi connectivity index (χ1v) is 16.3. The number of para-hydroxylation sites is 1. The van der Waals surface area contributed by atoms with Gasteiger partial charge < -0.3 is 5.11 Å². The van der Waals surface area contributed by atoms with Crippen LogP contribution >= 0.6 is 11.6 Å². The molecule has 0 aromatic heterocycles. The molecule has 2 aromatic rings. The van der Waals surface area contributed by atoms with E-state index in [1.165, 1.54) is 17.0 Å². The molecule has 4 amide bonds. The molecule has 2 saturated heterocycles. The lowest BCUT2D eigenvalue weighted by Crippen LogP contribution is -2.49. The van der Waals surface area contributed by atoms with Crippen molar-refractivity contribution in [2.45, 2.75) is 70.3 Å². The van der Waals surface area contributed by atoms with Crippen LogP contribution in [0, 0.1) is 34.9 Å². The molecule has 0 spiro atoms. The molecule has 0 bridgehead atoms. The number of carbonyl (C=O) groups excluding carboxylic acids is 4. The van der Waals surface area contributed by atoms with Gasteiger partial charge in [0.05, 0.1) is 33.9 Å². The molecule has 2 aliphatic heterocycles. The highest BCUT2D eigenvalue weighted by molar-refractivity contribution is 6.31. The Balaban J connectivity index is 1.37. The molecule has 234 valence electrons. The highest BCUT2D eigenvalue weighted by Crippen LogP contribution is 2.64. The minimum Gasteiger partial charge on any atom is -0.507 e. The van der Waals surface area contributed by atoms with Gasteiger partial charge in [-0.25, -0.2) is 9.29 Å². The SMILES string of the molecule is C=CCc1cccc([C@H]2C3=CC[C@@H]4C(=O)N(C5CCCCC5)C(=O)[C@@H]4[C@@H]3C[C@H]3C(=O)N(c4ccc(F)c(Cl)c4)C(=O)[C@@]23C)c1O. The molecule has 1 N–H and O–H groups in total. The van der Waals surface area contributed by atoms with Crippen molar-refractivity contribution >= 4 is 40.9 Å². The number of carbonyl (C=O) groups is 4. The van der Waals surface area contributed by atoms with Crippen LogP contribution in [0.25, 0.3) is 0 Å². The molecule has 2 heterocycles. The van der Waals surface area contributed by atoms with Crippen molar-refractivity contribution in [3.8, 4) is 5.75 Å². The number of rotatable bonds is 5. The number of fused-ring (bicyclic) bond motifs is 4. The largest absolute Gasteiger partial charge is 0.507 e. The molecular weight excluding hydrogens is 595 g/mol. The van der Waals surface area contributed by atoms with Crippen molar-refractivity contribution in [1.29, 1.82) is 0 Å². The maximum atomic E-state index is 14.6. The van der Waals surface area contributed by atoms with Crippen molar-refractivity contribution in [1.82, 2.24) is 4.90 Å². The van der Waals surface area contributed by atoms with E-state index in [0.717, 1.165) is 48.6 Å². The number of phenols is 1. The Bertz CT molecular complexity index is 1680. The third-order valence-electron chi connectivity index (χ3n) is 11.2. The number of anilines is 1. The summed E-state index contributed by atoms with van der Waals surface area (Å²) in [5.74, 6) is -5.11. The van der Waals surface area contributed by atoms with E-state index in [1.807, 2.05) is 12.1 Å². The number of phenolic OH excluding ortho intramolecular Hbond substituents is 1. The number of aromatic hydroxyl groups is 1. The Morgan fingerprint density at radius 1 is 1.04 bits per heavy atom. The van der Waals surface area contributed by atoms with Gasteiger partial charge >= 0.3 is 0 Å². The monoisotopic (exact) mass is 630 g/mol. The molecule has 2 saturated carbocycles. The molecule has 6 atom stereocenters. The Hall–Kier alpha value is -3.78. The maximum Gasteiger partial charge on any atom is 0.241 e. The molecular formula is C36H36ClFN2O5. The molecule has 0 unspecified atom stereocenters. The summed E-state index contributed by atoms with van der Waals surface area (Å²) in [6.07, 6.45) is 9.29. The fourth-order valence-corrected chi connectivity index (χ4v) is 9.29. The Kier molecular flexibility index (Phi) is 7.27. The summed E-state index contributed by atoms with van der Waals surface area (Å²) >= 11 is 6.09. The smallest absolute Gasteiger partial charge is 0.241 e. The van der Waals surface area contributed by atoms with Crippen LogP contribution in [0.2, 0.25) is 5.02 Å². The first-order valence-electron chi connectivity index (χ1n) is 15.9. The number of allylic oxidation sites excluding steroid dienone is 3. The topological polar surface area (TPSA) is 95.0 Å². The van der Waals surface area contributed by atoms with Crippen molar-refractivity contribution in [3.05, 3.63) is 82.7 Å². The predicted octanol–water partition coefficient (Wildman–Crippen LogP) is 6.48. The molecule has 45 heavy (non-hydrogen) atoms. The fraction of sp³-hybridized carbons (Fsp3) is 0.444. The van der Waals surface area contributed by atoms with E-state index >= 15 is 0 Å². The number of halogens is 2. The summed E-state index contributed by atoms with van der Waals surface area (Å²) in [5, 5.41) is 11.4. The van der Waals surface area contributed by atoms with Gasteiger partial charge in [-0.05, 0) is 68.7 Å². The molecule has 0 radical (unpaired) electrons. The molecule has 7 rings (SSSR count). The van der Waals surface area contributed by atoms with Gasteiger partial charge in [-0.15, -0.1) is 6.58 Å². The third-order valence-corrected chi connectivity index (χ3v) is 11.5. The minimum atomic E-state index is -1.33. The Morgan fingerprint density at radius 2 is 1.80 bits per heavy atom. The number of nitrogens with zero attached hydrogens (tertiary/aromatic N) is 2. The van der Waals surface area contributed by atoms with E-state index in [-0.39, 0.29) is 40.7 Å². The average Bonchev–Trinajstić information content (AvgIpc) is 3.40. The average molecular weight is 631 g/mol. The van der Waals surface area contributed by atoms with Crippen molar-refractivity contribution in [3.63, 3.8) is 0 Å². The first kappa shape index (κ1) is 29.9. The summed E-state index contributed by atoms with van der Waals surface area (Å²) in [7, 11) is 0. The Labute approximate surface area is 266 Å². The lowest BCUT2D eigenvalue weighted by Gasteiger charge is -2.49. The summed E-state index contributed by atoms with van der Waals surface area (Å²) in [6.45, 7) is 5.56. The number of imide groups is 2. The van der Waals surface area contributed by atoms with Crippen LogP contribution in [-0.4, -0.2) is 39.7 Å². The molecule has 5 aliphatic rings. The highest BCUT2D eigenvalue weighted by atomic mass is 35.5. The van der Waals surface area contributed by atoms with Crippen LogP contribution < -0.4 is 4.90 Å². The van der Waals surface area contributed by atoms with Gasteiger partial charge in [-0.1, -0.05) is 66.8 Å². The standard InChI is InChI=1S/C36H36ClFN2O5/c1-3-8-19-9-7-12-24(31(19)41)30-22-14-15-23-29(34(44)39(32(23)42)20-10-5-4-6-11-20)25(22)18-26-33(43)40(35(45)36(26,30)2)21-13-16-28(38)27(37)17-21/h3,7,9,12-14,16-17,20,23,25-26,29-30,41H,1,4-6,8,10-11,15,18H2,2H3/t23-,25+,26-,29-,30+,36+/m0/s1. The second-order valence-corrected chi connectivity index (χ2v) is 13.9. The zero-order valence-electron chi connectivity index (χ0n) is 25.2. The lowest BCUT2D eigenvalue weighted by atomic mass is 9.51. The van der Waals surface area contributed by atoms with E-state index < -0.39 is 52.6 Å². The van der Waals surface area contributed by atoms with Gasteiger partial charge in [0.25, 0.3) is 0 Å². The lowest BCUT2D eigenvalue weighted by molar-refractivity contribution is -0.144. The second kappa shape index (κ2) is 10.9.